The van der Waals surface area contributed by atoms with Gasteiger partial charge in [0.15, 0.2) is 0 Å². The maximum Gasteiger partial charge on any atom is 0.252 e. The van der Waals surface area contributed by atoms with E-state index in [4.69, 9.17) is 16.3 Å². The zero-order valence-electron chi connectivity index (χ0n) is 13.9. The Bertz CT molecular complexity index is 869. The largest absolute Gasteiger partial charge is 0.492 e. The van der Waals surface area contributed by atoms with Crippen molar-refractivity contribution in [3.63, 3.8) is 0 Å². The van der Waals surface area contributed by atoms with E-state index in [1.807, 2.05) is 31.2 Å². The summed E-state index contributed by atoms with van der Waals surface area (Å²) in [5.74, 6) is 0.321. The third-order valence-corrected chi connectivity index (χ3v) is 4.10. The number of benzene rings is 2. The number of aryl methyl sites for hydroxylation is 1. The molecule has 0 aliphatic rings. The van der Waals surface area contributed by atoms with Crippen molar-refractivity contribution in [1.29, 1.82) is 0 Å². The molecule has 8 heteroatoms. The highest BCUT2D eigenvalue weighted by molar-refractivity contribution is 7.92. The summed E-state index contributed by atoms with van der Waals surface area (Å²) in [4.78, 5) is 12.2. The summed E-state index contributed by atoms with van der Waals surface area (Å²) in [6.45, 7) is 2.55. The first-order chi connectivity index (χ1) is 11.7. The molecule has 0 bridgehead atoms. The van der Waals surface area contributed by atoms with Crippen molar-refractivity contribution in [2.24, 2.45) is 0 Å². The maximum absolute atomic E-state index is 12.2. The molecule has 25 heavy (non-hydrogen) atoms. The van der Waals surface area contributed by atoms with Gasteiger partial charge in [-0.25, -0.2) is 8.42 Å². The second kappa shape index (κ2) is 8.22. The predicted octanol–water partition coefficient (Wildman–Crippen LogP) is 2.83. The fraction of sp³-hybridized carbons (Fsp3) is 0.235. The van der Waals surface area contributed by atoms with Crippen molar-refractivity contribution in [1.82, 2.24) is 5.32 Å². The van der Waals surface area contributed by atoms with Gasteiger partial charge in [-0.05, 0) is 42.8 Å². The van der Waals surface area contributed by atoms with Crippen LogP contribution in [-0.2, 0) is 10.0 Å². The number of hydrogen-bond donors (Lipinski definition) is 2. The van der Waals surface area contributed by atoms with Crippen molar-refractivity contribution in [3.8, 4) is 5.75 Å². The van der Waals surface area contributed by atoms with E-state index in [-0.39, 0.29) is 22.8 Å². The van der Waals surface area contributed by atoms with Crippen LogP contribution >= 0.6 is 11.6 Å². The normalized spacial score (nSPS) is 11.0. The Balaban J connectivity index is 1.93. The topological polar surface area (TPSA) is 84.5 Å². The first kappa shape index (κ1) is 19.1. The van der Waals surface area contributed by atoms with Crippen LogP contribution in [0.4, 0.5) is 5.69 Å². The van der Waals surface area contributed by atoms with Gasteiger partial charge in [-0.2, -0.15) is 0 Å². The van der Waals surface area contributed by atoms with Crippen LogP contribution in [0.15, 0.2) is 42.5 Å². The Morgan fingerprint density at radius 3 is 2.64 bits per heavy atom. The molecule has 2 N–H and O–H groups in total. The van der Waals surface area contributed by atoms with Gasteiger partial charge in [-0.3, -0.25) is 9.52 Å². The second-order valence-corrected chi connectivity index (χ2v) is 7.65. The summed E-state index contributed by atoms with van der Waals surface area (Å²) in [6, 6.07) is 11.9. The van der Waals surface area contributed by atoms with Crippen molar-refractivity contribution in [2.45, 2.75) is 6.92 Å². The van der Waals surface area contributed by atoms with E-state index in [2.05, 4.69) is 10.0 Å². The zero-order chi connectivity index (χ0) is 18.4. The van der Waals surface area contributed by atoms with Crippen LogP contribution in [0, 0.1) is 6.92 Å². The molecule has 0 aromatic heterocycles. The molecule has 0 fully saturated rings. The third kappa shape index (κ3) is 6.28. The minimum Gasteiger partial charge on any atom is -0.492 e. The molecule has 0 aliphatic heterocycles. The highest BCUT2D eigenvalue weighted by Crippen LogP contribution is 2.21. The van der Waals surface area contributed by atoms with Crippen molar-refractivity contribution >= 4 is 33.2 Å². The Morgan fingerprint density at radius 2 is 1.96 bits per heavy atom. The van der Waals surface area contributed by atoms with Gasteiger partial charge in [0.2, 0.25) is 10.0 Å². The van der Waals surface area contributed by atoms with Crippen LogP contribution in [0.2, 0.25) is 5.02 Å². The van der Waals surface area contributed by atoms with Gasteiger partial charge in [0.1, 0.15) is 12.4 Å². The van der Waals surface area contributed by atoms with Crippen LogP contribution in [0.1, 0.15) is 15.9 Å². The molecule has 0 atom stereocenters. The molecular weight excluding hydrogens is 364 g/mol. The van der Waals surface area contributed by atoms with E-state index >= 15 is 0 Å². The Kier molecular flexibility index (Phi) is 6.27. The molecule has 0 heterocycles. The molecule has 0 radical (unpaired) electrons. The Hall–Kier alpha value is -2.25. The van der Waals surface area contributed by atoms with Crippen molar-refractivity contribution in [3.05, 3.63) is 58.6 Å². The van der Waals surface area contributed by atoms with Crippen molar-refractivity contribution in [2.75, 3.05) is 24.1 Å². The van der Waals surface area contributed by atoms with E-state index in [1.165, 1.54) is 18.2 Å². The Labute approximate surface area is 152 Å². The SMILES string of the molecule is Cc1cccc(OCCNC(=O)c2cc(NS(C)(=O)=O)ccc2Cl)c1. The molecule has 6 nitrogen and oxygen atoms in total. The summed E-state index contributed by atoms with van der Waals surface area (Å²) in [6.07, 6.45) is 1.03. The van der Waals surface area contributed by atoms with Gasteiger partial charge in [0.05, 0.1) is 23.4 Å². The van der Waals surface area contributed by atoms with E-state index in [0.29, 0.717) is 6.61 Å². The molecular formula is C17H19ClN2O4S. The van der Waals surface area contributed by atoms with E-state index in [0.717, 1.165) is 17.6 Å². The molecule has 0 spiro atoms. The predicted molar refractivity (Wildman–Crippen MR) is 98.9 cm³/mol. The van der Waals surface area contributed by atoms with Crippen LogP contribution < -0.4 is 14.8 Å². The van der Waals surface area contributed by atoms with E-state index < -0.39 is 15.9 Å². The molecule has 2 rings (SSSR count). The molecule has 2 aromatic rings. The van der Waals surface area contributed by atoms with Crippen molar-refractivity contribution < 1.29 is 17.9 Å². The van der Waals surface area contributed by atoms with Crippen LogP contribution in [0.3, 0.4) is 0 Å². The summed E-state index contributed by atoms with van der Waals surface area (Å²) in [7, 11) is -3.43. The van der Waals surface area contributed by atoms with Gasteiger partial charge < -0.3 is 10.1 Å². The second-order valence-electron chi connectivity index (χ2n) is 5.49. The van der Waals surface area contributed by atoms with Gasteiger partial charge >= 0.3 is 0 Å². The van der Waals surface area contributed by atoms with Gasteiger partial charge in [0.25, 0.3) is 5.91 Å². The molecule has 0 saturated heterocycles. The minimum atomic E-state index is -3.43. The number of halogens is 1. The first-order valence-electron chi connectivity index (χ1n) is 7.49. The Morgan fingerprint density at radius 1 is 1.20 bits per heavy atom. The minimum absolute atomic E-state index is 0.186. The van der Waals surface area contributed by atoms with Crippen LogP contribution in [-0.4, -0.2) is 33.7 Å². The van der Waals surface area contributed by atoms with Gasteiger partial charge in [-0.15, -0.1) is 0 Å². The third-order valence-electron chi connectivity index (χ3n) is 3.16. The fourth-order valence-electron chi connectivity index (χ4n) is 2.11. The molecule has 0 aliphatic carbocycles. The average Bonchev–Trinajstić information content (AvgIpc) is 2.52. The smallest absolute Gasteiger partial charge is 0.252 e. The number of rotatable bonds is 7. The van der Waals surface area contributed by atoms with Gasteiger partial charge in [0, 0.05) is 5.69 Å². The molecule has 0 unspecified atom stereocenters. The zero-order valence-corrected chi connectivity index (χ0v) is 15.4. The number of ether oxygens (including phenoxy) is 1. The molecule has 2 aromatic carbocycles. The number of anilines is 1. The fourth-order valence-corrected chi connectivity index (χ4v) is 2.87. The average molecular weight is 383 g/mol. The van der Waals surface area contributed by atoms with Crippen LogP contribution in [0.5, 0.6) is 5.75 Å². The monoisotopic (exact) mass is 382 g/mol. The quantitative estimate of drug-likeness (QED) is 0.721. The lowest BCUT2D eigenvalue weighted by molar-refractivity contribution is 0.0947. The van der Waals surface area contributed by atoms with E-state index in [9.17, 15) is 13.2 Å². The standard InChI is InChI=1S/C17H19ClN2O4S/c1-12-4-3-5-14(10-12)24-9-8-19-17(21)15-11-13(6-7-16(15)18)20-25(2,22)23/h3-7,10-11,20H,8-9H2,1-2H3,(H,19,21). The molecule has 0 saturated carbocycles. The molecule has 1 amide bonds. The number of hydrogen-bond acceptors (Lipinski definition) is 4. The lowest BCUT2D eigenvalue weighted by atomic mass is 10.2. The highest BCUT2D eigenvalue weighted by atomic mass is 35.5. The first-order valence-corrected chi connectivity index (χ1v) is 9.76. The van der Waals surface area contributed by atoms with E-state index in [1.54, 1.807) is 0 Å². The lowest BCUT2D eigenvalue weighted by Gasteiger charge is -2.10. The summed E-state index contributed by atoms with van der Waals surface area (Å²) < 4.78 is 30.4. The van der Waals surface area contributed by atoms with Crippen LogP contribution in [0.25, 0.3) is 0 Å². The number of carbonyl (C=O) groups is 1. The lowest BCUT2D eigenvalue weighted by Crippen LogP contribution is -2.28. The maximum atomic E-state index is 12.2. The molecule has 134 valence electrons. The summed E-state index contributed by atoms with van der Waals surface area (Å²) >= 11 is 6.02. The highest BCUT2D eigenvalue weighted by Gasteiger charge is 2.12. The number of carbonyl (C=O) groups excluding carboxylic acids is 1. The number of amides is 1. The summed E-state index contributed by atoms with van der Waals surface area (Å²) in [5.41, 5.74) is 1.54. The van der Waals surface area contributed by atoms with Gasteiger partial charge in [-0.1, -0.05) is 23.7 Å². The summed E-state index contributed by atoms with van der Waals surface area (Å²) in [5, 5.41) is 2.92. The number of nitrogens with one attached hydrogen (secondary N) is 2. The number of sulfonamides is 1.